The summed E-state index contributed by atoms with van der Waals surface area (Å²) in [6, 6.07) is 1.52. The molecule has 2 aliphatic rings. The molecule has 3 aromatic rings. The Hall–Kier alpha value is -2.29. The lowest BCUT2D eigenvalue weighted by Crippen LogP contribution is -2.42. The van der Waals surface area contributed by atoms with Gasteiger partial charge in [0.2, 0.25) is 5.95 Å². The first-order chi connectivity index (χ1) is 14.4. The standard InChI is InChI=1S/C21H23ClFN5O2/c1-10-3-4-12-13(7-15(23)19-20(12)28(10)11(2)25-19)18-14(22)8-24-21(27-18)26-16-5-6-30-9-17(16)29/h7-8,10,16-17,29H,3-6,9H2,1-2H3,(H,24,26,27)/t10-,16-,17-/m1/s1. The molecule has 0 saturated carbocycles. The number of ether oxygens (including phenoxy) is 1. The first-order valence-electron chi connectivity index (χ1n) is 10.2. The molecule has 30 heavy (non-hydrogen) atoms. The number of anilines is 1. The third-order valence-corrected chi connectivity index (χ3v) is 6.37. The second-order valence-electron chi connectivity index (χ2n) is 8.07. The summed E-state index contributed by atoms with van der Waals surface area (Å²) >= 11 is 6.46. The van der Waals surface area contributed by atoms with E-state index in [1.807, 2.05) is 6.92 Å². The molecule has 0 radical (unpaired) electrons. The van der Waals surface area contributed by atoms with E-state index in [9.17, 15) is 5.11 Å². The smallest absolute Gasteiger partial charge is 0.223 e. The minimum absolute atomic E-state index is 0.213. The van der Waals surface area contributed by atoms with E-state index >= 15 is 4.39 Å². The molecule has 5 rings (SSSR count). The Bertz CT molecular complexity index is 1130. The molecule has 2 aromatic heterocycles. The van der Waals surface area contributed by atoms with Crippen molar-refractivity contribution in [3.8, 4) is 11.3 Å². The fourth-order valence-corrected chi connectivity index (χ4v) is 4.77. The molecular weight excluding hydrogens is 409 g/mol. The van der Waals surface area contributed by atoms with Gasteiger partial charge in [-0.2, -0.15) is 0 Å². The van der Waals surface area contributed by atoms with Crippen molar-refractivity contribution in [1.29, 1.82) is 0 Å². The molecule has 0 amide bonds. The molecule has 7 nitrogen and oxygen atoms in total. The number of aliphatic hydroxyl groups excluding tert-OH is 1. The lowest BCUT2D eigenvalue weighted by Gasteiger charge is -2.28. The maximum atomic E-state index is 15.0. The minimum atomic E-state index is -0.643. The van der Waals surface area contributed by atoms with Crippen molar-refractivity contribution in [2.45, 2.75) is 51.3 Å². The monoisotopic (exact) mass is 431 g/mol. The summed E-state index contributed by atoms with van der Waals surface area (Å²) in [6.07, 6.45) is 3.24. The van der Waals surface area contributed by atoms with Crippen LogP contribution in [0.5, 0.6) is 0 Å². The molecule has 2 aliphatic heterocycles. The van der Waals surface area contributed by atoms with E-state index in [1.54, 1.807) is 0 Å². The van der Waals surface area contributed by atoms with Gasteiger partial charge in [0.05, 0.1) is 41.2 Å². The SMILES string of the molecule is Cc1nc2c(F)cc(-c3nc(N[C@@H]4CCOC[C@H]4O)ncc3Cl)c3c2n1[C@H](C)CC3. The van der Waals surface area contributed by atoms with Crippen LogP contribution in [0.4, 0.5) is 10.3 Å². The normalized spacial score (nSPS) is 23.7. The number of aromatic nitrogens is 4. The van der Waals surface area contributed by atoms with Crippen LogP contribution in [0.2, 0.25) is 5.02 Å². The Morgan fingerprint density at radius 1 is 1.33 bits per heavy atom. The molecule has 0 bridgehead atoms. The van der Waals surface area contributed by atoms with Crippen molar-refractivity contribution in [2.75, 3.05) is 18.5 Å². The molecule has 4 heterocycles. The number of aryl methyl sites for hydroxylation is 2. The fraction of sp³-hybridized carbons (Fsp3) is 0.476. The minimum Gasteiger partial charge on any atom is -0.389 e. The van der Waals surface area contributed by atoms with Gasteiger partial charge in [-0.05, 0) is 44.7 Å². The average molecular weight is 432 g/mol. The Kier molecular flexibility index (Phi) is 4.88. The van der Waals surface area contributed by atoms with Gasteiger partial charge in [-0.1, -0.05) is 11.6 Å². The van der Waals surface area contributed by atoms with E-state index in [1.165, 1.54) is 12.3 Å². The van der Waals surface area contributed by atoms with Crippen molar-refractivity contribution in [2.24, 2.45) is 0 Å². The van der Waals surface area contributed by atoms with E-state index < -0.39 is 6.10 Å². The largest absolute Gasteiger partial charge is 0.389 e. The predicted molar refractivity (Wildman–Crippen MR) is 112 cm³/mol. The third kappa shape index (κ3) is 3.14. The highest BCUT2D eigenvalue weighted by molar-refractivity contribution is 6.33. The van der Waals surface area contributed by atoms with Gasteiger partial charge in [-0.25, -0.2) is 19.3 Å². The lowest BCUT2D eigenvalue weighted by atomic mass is 9.93. The van der Waals surface area contributed by atoms with Gasteiger partial charge in [0.25, 0.3) is 0 Å². The van der Waals surface area contributed by atoms with Gasteiger partial charge in [-0.15, -0.1) is 0 Å². The zero-order chi connectivity index (χ0) is 21.0. The summed E-state index contributed by atoms with van der Waals surface area (Å²) in [7, 11) is 0. The number of halogens is 2. The van der Waals surface area contributed by atoms with Crippen LogP contribution in [0.25, 0.3) is 22.3 Å². The molecule has 1 fully saturated rings. The number of hydrogen-bond acceptors (Lipinski definition) is 6. The molecule has 1 saturated heterocycles. The molecule has 2 N–H and O–H groups in total. The molecular formula is C21H23ClFN5O2. The van der Waals surface area contributed by atoms with Crippen LogP contribution >= 0.6 is 11.6 Å². The van der Waals surface area contributed by atoms with Gasteiger partial charge in [0.15, 0.2) is 5.82 Å². The molecule has 0 unspecified atom stereocenters. The molecule has 0 spiro atoms. The van der Waals surface area contributed by atoms with Crippen LogP contribution in [0, 0.1) is 12.7 Å². The molecule has 158 valence electrons. The first kappa shape index (κ1) is 19.7. The Morgan fingerprint density at radius 3 is 2.97 bits per heavy atom. The Balaban J connectivity index is 1.62. The van der Waals surface area contributed by atoms with Crippen LogP contribution in [-0.4, -0.2) is 50.0 Å². The fourth-order valence-electron chi connectivity index (χ4n) is 4.58. The van der Waals surface area contributed by atoms with E-state index in [0.29, 0.717) is 40.8 Å². The van der Waals surface area contributed by atoms with Crippen LogP contribution < -0.4 is 5.32 Å². The summed E-state index contributed by atoms with van der Waals surface area (Å²) < 4.78 is 22.4. The van der Waals surface area contributed by atoms with Crippen molar-refractivity contribution in [3.05, 3.63) is 34.5 Å². The second kappa shape index (κ2) is 7.44. The number of benzene rings is 1. The lowest BCUT2D eigenvalue weighted by molar-refractivity contribution is -0.0136. The quantitative estimate of drug-likeness (QED) is 0.658. The van der Waals surface area contributed by atoms with Crippen LogP contribution in [0.15, 0.2) is 12.3 Å². The molecule has 1 aromatic carbocycles. The highest BCUT2D eigenvalue weighted by atomic mass is 35.5. The van der Waals surface area contributed by atoms with Crippen molar-refractivity contribution < 1.29 is 14.2 Å². The summed E-state index contributed by atoms with van der Waals surface area (Å²) in [6.45, 7) is 4.86. The average Bonchev–Trinajstić information content (AvgIpc) is 3.08. The van der Waals surface area contributed by atoms with Gasteiger partial charge >= 0.3 is 0 Å². The number of aliphatic hydroxyl groups is 1. The maximum Gasteiger partial charge on any atom is 0.223 e. The van der Waals surface area contributed by atoms with Gasteiger partial charge < -0.3 is 19.7 Å². The molecule has 9 heteroatoms. The summed E-state index contributed by atoms with van der Waals surface area (Å²) in [5, 5.41) is 13.7. The number of nitrogens with one attached hydrogen (secondary N) is 1. The van der Waals surface area contributed by atoms with E-state index in [2.05, 4.69) is 31.8 Å². The van der Waals surface area contributed by atoms with E-state index in [0.717, 1.165) is 29.7 Å². The van der Waals surface area contributed by atoms with Gasteiger partial charge in [0.1, 0.15) is 11.3 Å². The first-order valence-corrected chi connectivity index (χ1v) is 10.6. The highest BCUT2D eigenvalue weighted by Gasteiger charge is 2.28. The second-order valence-corrected chi connectivity index (χ2v) is 8.48. The molecule has 3 atom stereocenters. The van der Waals surface area contributed by atoms with Crippen molar-refractivity contribution >= 4 is 28.6 Å². The number of imidazole rings is 1. The zero-order valence-corrected chi connectivity index (χ0v) is 17.6. The Morgan fingerprint density at radius 2 is 2.17 bits per heavy atom. The number of nitrogens with zero attached hydrogens (tertiary/aromatic N) is 4. The Labute approximate surface area is 178 Å². The third-order valence-electron chi connectivity index (χ3n) is 6.09. The van der Waals surface area contributed by atoms with Crippen LogP contribution in [-0.2, 0) is 11.2 Å². The van der Waals surface area contributed by atoms with Gasteiger partial charge in [0, 0.05) is 18.2 Å². The van der Waals surface area contributed by atoms with E-state index in [4.69, 9.17) is 16.3 Å². The van der Waals surface area contributed by atoms with E-state index in [-0.39, 0.29) is 24.5 Å². The number of hydrogen-bond donors (Lipinski definition) is 2. The van der Waals surface area contributed by atoms with Crippen molar-refractivity contribution in [1.82, 2.24) is 19.5 Å². The maximum absolute atomic E-state index is 15.0. The van der Waals surface area contributed by atoms with Crippen LogP contribution in [0.3, 0.4) is 0 Å². The number of rotatable bonds is 3. The zero-order valence-electron chi connectivity index (χ0n) is 16.8. The van der Waals surface area contributed by atoms with Crippen molar-refractivity contribution in [3.63, 3.8) is 0 Å². The topological polar surface area (TPSA) is 85.1 Å². The van der Waals surface area contributed by atoms with Crippen LogP contribution in [0.1, 0.15) is 37.2 Å². The summed E-state index contributed by atoms with van der Waals surface area (Å²) in [5.74, 6) is 0.768. The summed E-state index contributed by atoms with van der Waals surface area (Å²) in [4.78, 5) is 13.3. The highest BCUT2D eigenvalue weighted by Crippen LogP contribution is 2.40. The van der Waals surface area contributed by atoms with Gasteiger partial charge in [-0.3, -0.25) is 0 Å². The summed E-state index contributed by atoms with van der Waals surface area (Å²) in [5.41, 5.74) is 3.36. The predicted octanol–water partition coefficient (Wildman–Crippen LogP) is 3.66. The molecule has 0 aliphatic carbocycles.